The summed E-state index contributed by atoms with van der Waals surface area (Å²) in [5.41, 5.74) is 2.08. The molecule has 2 heteroatoms. The Labute approximate surface area is 108 Å². The molecular formula is C16H17NO. The molecule has 0 aliphatic rings. The molecule has 0 fully saturated rings. The number of rotatable bonds is 5. The second kappa shape index (κ2) is 6.60. The Hall–Kier alpha value is -2.09. The second-order valence-corrected chi connectivity index (χ2v) is 3.99. The van der Waals surface area contributed by atoms with Crippen LogP contribution >= 0.6 is 0 Å². The van der Waals surface area contributed by atoms with Crippen molar-refractivity contribution in [3.05, 3.63) is 65.9 Å². The standard InChI is InChI=1S/C16H17NO/c1-2-3-10-15-11-7-12-16(17-15)18-13-14-8-5-4-6-9-14/h3-12H,2,13H2,1H3. The number of aromatic nitrogens is 1. The maximum Gasteiger partial charge on any atom is 0.214 e. The van der Waals surface area contributed by atoms with Gasteiger partial charge in [-0.3, -0.25) is 0 Å². The fraction of sp³-hybridized carbons (Fsp3) is 0.188. The summed E-state index contributed by atoms with van der Waals surface area (Å²) in [5, 5.41) is 0. The molecule has 92 valence electrons. The molecule has 0 saturated heterocycles. The van der Waals surface area contributed by atoms with Crippen molar-refractivity contribution in [1.29, 1.82) is 0 Å². The van der Waals surface area contributed by atoms with Crippen molar-refractivity contribution in [3.63, 3.8) is 0 Å². The Morgan fingerprint density at radius 1 is 1.06 bits per heavy atom. The highest BCUT2D eigenvalue weighted by atomic mass is 16.5. The van der Waals surface area contributed by atoms with Gasteiger partial charge in [-0.15, -0.1) is 0 Å². The minimum atomic E-state index is 0.550. The molecule has 0 spiro atoms. The first kappa shape index (κ1) is 12.4. The van der Waals surface area contributed by atoms with Crippen LogP contribution in [0.3, 0.4) is 0 Å². The summed E-state index contributed by atoms with van der Waals surface area (Å²) in [7, 11) is 0. The van der Waals surface area contributed by atoms with Crippen LogP contribution in [0.5, 0.6) is 5.88 Å². The Bertz CT molecular complexity index is 506. The van der Waals surface area contributed by atoms with E-state index in [0.29, 0.717) is 12.5 Å². The minimum absolute atomic E-state index is 0.550. The molecule has 2 aromatic rings. The summed E-state index contributed by atoms with van der Waals surface area (Å²) < 4.78 is 5.67. The molecule has 0 aliphatic heterocycles. The number of ether oxygens (including phenoxy) is 1. The van der Waals surface area contributed by atoms with E-state index in [0.717, 1.165) is 17.7 Å². The first-order chi connectivity index (χ1) is 8.88. The predicted molar refractivity (Wildman–Crippen MR) is 74.3 cm³/mol. The first-order valence-electron chi connectivity index (χ1n) is 6.19. The van der Waals surface area contributed by atoms with Crippen molar-refractivity contribution in [3.8, 4) is 5.88 Å². The highest BCUT2D eigenvalue weighted by Gasteiger charge is 1.97. The van der Waals surface area contributed by atoms with Crippen molar-refractivity contribution in [2.45, 2.75) is 20.0 Å². The first-order valence-corrected chi connectivity index (χ1v) is 6.19. The molecule has 0 atom stereocenters. The molecule has 0 aliphatic carbocycles. The van der Waals surface area contributed by atoms with Crippen molar-refractivity contribution in [1.82, 2.24) is 4.98 Å². The van der Waals surface area contributed by atoms with E-state index in [2.05, 4.69) is 18.0 Å². The van der Waals surface area contributed by atoms with E-state index in [-0.39, 0.29) is 0 Å². The van der Waals surface area contributed by atoms with E-state index in [1.165, 1.54) is 0 Å². The lowest BCUT2D eigenvalue weighted by Crippen LogP contribution is -1.97. The fourth-order valence-corrected chi connectivity index (χ4v) is 1.57. The van der Waals surface area contributed by atoms with Crippen LogP contribution in [0.25, 0.3) is 6.08 Å². The Kier molecular flexibility index (Phi) is 4.53. The molecule has 2 rings (SSSR count). The van der Waals surface area contributed by atoms with E-state index >= 15 is 0 Å². The quantitative estimate of drug-likeness (QED) is 0.784. The Morgan fingerprint density at radius 3 is 2.67 bits per heavy atom. The number of benzene rings is 1. The summed E-state index contributed by atoms with van der Waals surface area (Å²) >= 11 is 0. The molecule has 1 aromatic carbocycles. The Balaban J connectivity index is 1.99. The van der Waals surface area contributed by atoms with Gasteiger partial charge in [-0.2, -0.15) is 0 Å². The number of hydrogen-bond donors (Lipinski definition) is 0. The maximum atomic E-state index is 5.67. The van der Waals surface area contributed by atoms with Gasteiger partial charge in [0.05, 0.1) is 5.69 Å². The average Bonchev–Trinajstić information content (AvgIpc) is 2.44. The third-order valence-electron chi connectivity index (χ3n) is 2.50. The van der Waals surface area contributed by atoms with Gasteiger partial charge in [0.25, 0.3) is 0 Å². The van der Waals surface area contributed by atoms with Crippen molar-refractivity contribution >= 4 is 6.08 Å². The highest BCUT2D eigenvalue weighted by molar-refractivity contribution is 5.45. The lowest BCUT2D eigenvalue weighted by atomic mass is 10.2. The molecule has 0 bridgehead atoms. The van der Waals surface area contributed by atoms with E-state index in [9.17, 15) is 0 Å². The Morgan fingerprint density at radius 2 is 1.89 bits per heavy atom. The fourth-order valence-electron chi connectivity index (χ4n) is 1.57. The van der Waals surface area contributed by atoms with Gasteiger partial charge in [0.15, 0.2) is 0 Å². The van der Waals surface area contributed by atoms with Crippen LogP contribution in [-0.4, -0.2) is 4.98 Å². The van der Waals surface area contributed by atoms with E-state index in [1.54, 1.807) is 0 Å². The van der Waals surface area contributed by atoms with E-state index in [4.69, 9.17) is 4.74 Å². The van der Waals surface area contributed by atoms with Crippen molar-refractivity contribution in [2.75, 3.05) is 0 Å². The third kappa shape index (κ3) is 3.74. The van der Waals surface area contributed by atoms with Gasteiger partial charge >= 0.3 is 0 Å². The van der Waals surface area contributed by atoms with Crippen LogP contribution < -0.4 is 4.74 Å². The maximum absolute atomic E-state index is 5.67. The molecule has 0 unspecified atom stereocenters. The van der Waals surface area contributed by atoms with Crippen LogP contribution in [0, 0.1) is 0 Å². The van der Waals surface area contributed by atoms with Gasteiger partial charge in [0.1, 0.15) is 6.61 Å². The SMILES string of the molecule is CCC=Cc1cccc(OCc2ccccc2)n1. The number of nitrogens with zero attached hydrogens (tertiary/aromatic N) is 1. The topological polar surface area (TPSA) is 22.1 Å². The van der Waals surface area contributed by atoms with Gasteiger partial charge in [-0.25, -0.2) is 4.98 Å². The number of hydrogen-bond acceptors (Lipinski definition) is 2. The molecule has 18 heavy (non-hydrogen) atoms. The second-order valence-electron chi connectivity index (χ2n) is 3.99. The van der Waals surface area contributed by atoms with Gasteiger partial charge in [-0.05, 0) is 24.1 Å². The van der Waals surface area contributed by atoms with Crippen molar-refractivity contribution in [2.24, 2.45) is 0 Å². The molecule has 1 heterocycles. The van der Waals surface area contributed by atoms with Gasteiger partial charge < -0.3 is 4.74 Å². The van der Waals surface area contributed by atoms with E-state index < -0.39 is 0 Å². The predicted octanol–water partition coefficient (Wildman–Crippen LogP) is 4.08. The molecule has 1 aromatic heterocycles. The minimum Gasteiger partial charge on any atom is -0.473 e. The van der Waals surface area contributed by atoms with Gasteiger partial charge in [-0.1, -0.05) is 49.4 Å². The van der Waals surface area contributed by atoms with Crippen LogP contribution in [0.1, 0.15) is 24.6 Å². The molecule has 0 N–H and O–H groups in total. The zero-order valence-electron chi connectivity index (χ0n) is 10.5. The number of allylic oxidation sites excluding steroid dienone is 1. The average molecular weight is 239 g/mol. The summed E-state index contributed by atoms with van der Waals surface area (Å²) in [4.78, 5) is 4.42. The van der Waals surface area contributed by atoms with Crippen LogP contribution in [0.15, 0.2) is 54.6 Å². The lowest BCUT2D eigenvalue weighted by molar-refractivity contribution is 0.294. The van der Waals surface area contributed by atoms with Gasteiger partial charge in [0.2, 0.25) is 5.88 Å². The molecular weight excluding hydrogens is 222 g/mol. The smallest absolute Gasteiger partial charge is 0.214 e. The molecule has 0 radical (unpaired) electrons. The molecule has 0 amide bonds. The summed E-state index contributed by atoms with van der Waals surface area (Å²) in [5.74, 6) is 0.664. The summed E-state index contributed by atoms with van der Waals surface area (Å²) in [6.07, 6.45) is 5.11. The third-order valence-corrected chi connectivity index (χ3v) is 2.50. The zero-order chi connectivity index (χ0) is 12.6. The number of pyridine rings is 1. The largest absolute Gasteiger partial charge is 0.473 e. The van der Waals surface area contributed by atoms with Crippen molar-refractivity contribution < 1.29 is 4.74 Å². The summed E-state index contributed by atoms with van der Waals surface area (Å²) in [6.45, 7) is 2.65. The van der Waals surface area contributed by atoms with Crippen LogP contribution in [0.2, 0.25) is 0 Å². The monoisotopic (exact) mass is 239 g/mol. The molecule has 0 saturated carbocycles. The zero-order valence-corrected chi connectivity index (χ0v) is 10.5. The van der Waals surface area contributed by atoms with Crippen LogP contribution in [0.4, 0.5) is 0 Å². The van der Waals surface area contributed by atoms with E-state index in [1.807, 2.05) is 54.6 Å². The van der Waals surface area contributed by atoms with Gasteiger partial charge in [0, 0.05) is 6.07 Å². The summed E-state index contributed by atoms with van der Waals surface area (Å²) in [6, 6.07) is 15.9. The highest BCUT2D eigenvalue weighted by Crippen LogP contribution is 2.11. The van der Waals surface area contributed by atoms with Crippen LogP contribution in [-0.2, 0) is 6.61 Å². The lowest BCUT2D eigenvalue weighted by Gasteiger charge is -2.05. The molecule has 2 nitrogen and oxygen atoms in total. The normalized spacial score (nSPS) is 10.7.